The number of hydrogen-bond acceptors (Lipinski definition) is 6. The highest BCUT2D eigenvalue weighted by Gasteiger charge is 2.20. The number of nitrogens with zero attached hydrogens (tertiary/aromatic N) is 3. The van der Waals surface area contributed by atoms with Crippen LogP contribution in [0.4, 0.5) is 17.1 Å². The van der Waals surface area contributed by atoms with Gasteiger partial charge in [0.2, 0.25) is 0 Å². The molecule has 1 N–H and O–H groups in total. The number of pyridine rings is 1. The van der Waals surface area contributed by atoms with Gasteiger partial charge in [-0.3, -0.25) is 30.0 Å². The SMILES string of the molecule is O=C(Nc1cnc2ccccc2c1)c1cc([N+](=O)[O-])cc([N+](=O)[O-])c1. The Balaban J connectivity index is 1.94. The van der Waals surface area contributed by atoms with Crippen LogP contribution in [0.1, 0.15) is 10.4 Å². The maximum Gasteiger partial charge on any atom is 0.277 e. The Kier molecular flexibility index (Phi) is 4.04. The first-order valence-corrected chi connectivity index (χ1v) is 7.04. The summed E-state index contributed by atoms with van der Waals surface area (Å²) in [5.74, 6) is -0.705. The van der Waals surface area contributed by atoms with E-state index in [2.05, 4.69) is 10.3 Å². The Hall–Kier alpha value is -3.88. The molecule has 0 spiro atoms. The summed E-state index contributed by atoms with van der Waals surface area (Å²) in [6.45, 7) is 0. The zero-order valence-corrected chi connectivity index (χ0v) is 12.6. The number of carbonyl (C=O) groups excluding carboxylic acids is 1. The Bertz CT molecular complexity index is 986. The van der Waals surface area contributed by atoms with Gasteiger partial charge in [0.15, 0.2) is 0 Å². The monoisotopic (exact) mass is 338 g/mol. The van der Waals surface area contributed by atoms with Gasteiger partial charge in [-0.15, -0.1) is 0 Å². The van der Waals surface area contributed by atoms with Crippen molar-refractivity contribution in [3.63, 3.8) is 0 Å². The van der Waals surface area contributed by atoms with Crippen molar-refractivity contribution in [3.05, 3.63) is 80.5 Å². The number of fused-ring (bicyclic) bond motifs is 1. The number of non-ortho nitro benzene ring substituents is 2. The third kappa shape index (κ3) is 3.39. The number of hydrogen-bond donors (Lipinski definition) is 1. The van der Waals surface area contributed by atoms with Crippen molar-refractivity contribution in [2.45, 2.75) is 0 Å². The molecule has 3 aromatic rings. The first-order valence-electron chi connectivity index (χ1n) is 7.04. The summed E-state index contributed by atoms with van der Waals surface area (Å²) in [6, 6.07) is 11.7. The largest absolute Gasteiger partial charge is 0.321 e. The second kappa shape index (κ2) is 6.32. The molecule has 0 saturated carbocycles. The van der Waals surface area contributed by atoms with Crippen molar-refractivity contribution in [3.8, 4) is 0 Å². The van der Waals surface area contributed by atoms with Crippen molar-refractivity contribution in [2.24, 2.45) is 0 Å². The zero-order valence-electron chi connectivity index (χ0n) is 12.6. The number of nitro benzene ring substituents is 2. The minimum Gasteiger partial charge on any atom is -0.321 e. The van der Waals surface area contributed by atoms with Gasteiger partial charge in [0.05, 0.1) is 38.9 Å². The van der Waals surface area contributed by atoms with Crippen LogP contribution < -0.4 is 5.32 Å². The second-order valence-corrected chi connectivity index (χ2v) is 5.12. The van der Waals surface area contributed by atoms with Crippen LogP contribution in [0.25, 0.3) is 10.9 Å². The van der Waals surface area contributed by atoms with Gasteiger partial charge in [-0.2, -0.15) is 0 Å². The summed E-state index contributed by atoms with van der Waals surface area (Å²) in [7, 11) is 0. The second-order valence-electron chi connectivity index (χ2n) is 5.12. The maximum atomic E-state index is 12.3. The number of aromatic nitrogens is 1. The summed E-state index contributed by atoms with van der Waals surface area (Å²) in [5, 5.41) is 25.1. The van der Waals surface area contributed by atoms with Crippen LogP contribution in [-0.4, -0.2) is 20.7 Å². The van der Waals surface area contributed by atoms with E-state index in [1.54, 1.807) is 6.07 Å². The van der Waals surface area contributed by atoms with Crippen molar-refractivity contribution < 1.29 is 14.6 Å². The maximum absolute atomic E-state index is 12.3. The molecule has 0 aliphatic heterocycles. The van der Waals surface area contributed by atoms with Crippen LogP contribution in [0.5, 0.6) is 0 Å². The number of anilines is 1. The summed E-state index contributed by atoms with van der Waals surface area (Å²) in [5.41, 5.74) is -0.134. The fraction of sp³-hybridized carbons (Fsp3) is 0. The van der Waals surface area contributed by atoms with E-state index in [-0.39, 0.29) is 5.56 Å². The normalized spacial score (nSPS) is 10.4. The molecular formula is C16H10N4O5. The van der Waals surface area contributed by atoms with Gasteiger partial charge in [0, 0.05) is 17.5 Å². The summed E-state index contributed by atoms with van der Waals surface area (Å²) in [6.07, 6.45) is 1.44. The van der Waals surface area contributed by atoms with E-state index in [1.807, 2.05) is 24.3 Å². The molecule has 3 rings (SSSR count). The quantitative estimate of drug-likeness (QED) is 0.574. The third-order valence-electron chi connectivity index (χ3n) is 3.43. The van der Waals surface area contributed by atoms with Crippen LogP contribution >= 0.6 is 0 Å². The summed E-state index contributed by atoms with van der Waals surface area (Å²) < 4.78 is 0. The van der Waals surface area contributed by atoms with Crippen molar-refractivity contribution >= 4 is 33.9 Å². The first-order chi connectivity index (χ1) is 11.9. The van der Waals surface area contributed by atoms with E-state index in [4.69, 9.17) is 0 Å². The number of benzene rings is 2. The molecule has 0 radical (unpaired) electrons. The molecule has 0 fully saturated rings. The minimum absolute atomic E-state index is 0.186. The van der Waals surface area contributed by atoms with Gasteiger partial charge in [-0.05, 0) is 12.1 Å². The molecule has 0 aliphatic carbocycles. The van der Waals surface area contributed by atoms with Gasteiger partial charge < -0.3 is 5.32 Å². The Morgan fingerprint density at radius 2 is 1.60 bits per heavy atom. The Morgan fingerprint density at radius 1 is 0.960 bits per heavy atom. The Labute approximate surface area is 140 Å². The molecule has 0 unspecified atom stereocenters. The molecule has 2 aromatic carbocycles. The number of nitrogens with one attached hydrogen (secondary N) is 1. The predicted molar refractivity (Wildman–Crippen MR) is 89.4 cm³/mol. The van der Waals surface area contributed by atoms with E-state index in [1.165, 1.54) is 6.20 Å². The standard InChI is InChI=1S/C16H10N4O5/c21-16(11-6-13(19(22)23)8-14(7-11)20(24)25)18-12-5-10-3-1-2-4-15(10)17-9-12/h1-9H,(H,18,21). The molecular weight excluding hydrogens is 328 g/mol. The molecule has 1 amide bonds. The van der Waals surface area contributed by atoms with Crippen LogP contribution in [0.2, 0.25) is 0 Å². The highest BCUT2D eigenvalue weighted by atomic mass is 16.6. The minimum atomic E-state index is -0.790. The number of carbonyl (C=O) groups is 1. The number of para-hydroxylation sites is 1. The van der Waals surface area contributed by atoms with Gasteiger partial charge >= 0.3 is 0 Å². The molecule has 9 nitrogen and oxygen atoms in total. The lowest BCUT2D eigenvalue weighted by Crippen LogP contribution is -2.13. The molecule has 1 aromatic heterocycles. The van der Waals surface area contributed by atoms with E-state index in [0.29, 0.717) is 5.69 Å². The van der Waals surface area contributed by atoms with E-state index >= 15 is 0 Å². The highest BCUT2D eigenvalue weighted by molar-refractivity contribution is 6.05. The molecule has 0 aliphatic rings. The molecule has 1 heterocycles. The van der Waals surface area contributed by atoms with E-state index < -0.39 is 27.1 Å². The highest BCUT2D eigenvalue weighted by Crippen LogP contribution is 2.24. The van der Waals surface area contributed by atoms with Crippen molar-refractivity contribution in [1.82, 2.24) is 4.98 Å². The van der Waals surface area contributed by atoms with Gasteiger partial charge in [0.1, 0.15) is 0 Å². The van der Waals surface area contributed by atoms with Crippen LogP contribution in [0.15, 0.2) is 54.7 Å². The van der Waals surface area contributed by atoms with E-state index in [0.717, 1.165) is 29.1 Å². The molecule has 0 atom stereocenters. The van der Waals surface area contributed by atoms with Crippen LogP contribution in [0.3, 0.4) is 0 Å². The summed E-state index contributed by atoms with van der Waals surface area (Å²) in [4.78, 5) is 36.7. The zero-order chi connectivity index (χ0) is 18.0. The number of amides is 1. The number of rotatable bonds is 4. The summed E-state index contributed by atoms with van der Waals surface area (Å²) >= 11 is 0. The average Bonchev–Trinajstić information content (AvgIpc) is 2.61. The van der Waals surface area contributed by atoms with E-state index in [9.17, 15) is 25.0 Å². The lowest BCUT2D eigenvalue weighted by atomic mass is 10.1. The van der Waals surface area contributed by atoms with Crippen molar-refractivity contribution in [1.29, 1.82) is 0 Å². The van der Waals surface area contributed by atoms with Gasteiger partial charge in [-0.25, -0.2) is 0 Å². The fourth-order valence-electron chi connectivity index (χ4n) is 2.28. The third-order valence-corrected chi connectivity index (χ3v) is 3.43. The first kappa shape index (κ1) is 16.0. The molecule has 25 heavy (non-hydrogen) atoms. The fourth-order valence-corrected chi connectivity index (χ4v) is 2.28. The molecule has 0 bridgehead atoms. The number of nitro groups is 2. The van der Waals surface area contributed by atoms with Gasteiger partial charge in [0.25, 0.3) is 17.3 Å². The lowest BCUT2D eigenvalue weighted by molar-refractivity contribution is -0.394. The van der Waals surface area contributed by atoms with Crippen molar-refractivity contribution in [2.75, 3.05) is 5.32 Å². The Morgan fingerprint density at radius 3 is 2.24 bits per heavy atom. The lowest BCUT2D eigenvalue weighted by Gasteiger charge is -2.06. The molecule has 9 heteroatoms. The average molecular weight is 338 g/mol. The topological polar surface area (TPSA) is 128 Å². The van der Waals surface area contributed by atoms with Crippen LogP contribution in [-0.2, 0) is 0 Å². The molecule has 124 valence electrons. The smallest absolute Gasteiger partial charge is 0.277 e. The molecule has 0 saturated heterocycles. The van der Waals surface area contributed by atoms with Gasteiger partial charge in [-0.1, -0.05) is 18.2 Å². The predicted octanol–water partition coefficient (Wildman–Crippen LogP) is 3.30. The van der Waals surface area contributed by atoms with Crippen LogP contribution in [0, 0.1) is 20.2 Å².